The number of hydrogen-bond donors (Lipinski definition) is 2. The standard InChI is InChI=1S/C13H20.BH2O2/c1-2-3-4-5-7-10-13-11-8-6-9-12-13;2-1-3/h6,8-9,11-12H,2-5,7,10H2,1H3;2-3H. The van der Waals surface area contributed by atoms with E-state index < -0.39 is 0 Å². The largest absolute Gasteiger partial charge is 0.482 e. The Labute approximate surface area is 99.6 Å². The topological polar surface area (TPSA) is 40.5 Å². The van der Waals surface area contributed by atoms with Gasteiger partial charge in [-0.3, -0.25) is 0 Å². The first-order valence-corrected chi connectivity index (χ1v) is 5.99. The van der Waals surface area contributed by atoms with Gasteiger partial charge in [-0.2, -0.15) is 0 Å². The van der Waals surface area contributed by atoms with E-state index in [1.54, 1.807) is 0 Å². The smallest absolute Gasteiger partial charge is 0.429 e. The van der Waals surface area contributed by atoms with Crippen LogP contribution in [0.1, 0.15) is 44.6 Å². The molecule has 3 heteroatoms. The molecule has 1 radical (unpaired) electrons. The molecule has 0 aromatic heterocycles. The SMILES string of the molecule is CCCCCCCc1ccccc1.O[B]O. The molecule has 0 unspecified atom stereocenters. The fourth-order valence-corrected chi connectivity index (χ4v) is 1.58. The van der Waals surface area contributed by atoms with Gasteiger partial charge < -0.3 is 10.0 Å². The third-order valence-electron chi connectivity index (χ3n) is 2.41. The third-order valence-corrected chi connectivity index (χ3v) is 2.41. The highest BCUT2D eigenvalue weighted by molar-refractivity contribution is 6.13. The summed E-state index contributed by atoms with van der Waals surface area (Å²) in [5, 5.41) is 14.0. The van der Waals surface area contributed by atoms with Crippen LogP contribution in [0.5, 0.6) is 0 Å². The van der Waals surface area contributed by atoms with Crippen molar-refractivity contribution in [2.75, 3.05) is 0 Å². The van der Waals surface area contributed by atoms with Crippen molar-refractivity contribution in [1.82, 2.24) is 0 Å². The van der Waals surface area contributed by atoms with E-state index in [0.29, 0.717) is 0 Å². The number of aryl methyl sites for hydroxylation is 1. The summed E-state index contributed by atoms with van der Waals surface area (Å²) in [7, 11) is 0. The Morgan fingerprint density at radius 3 is 2.06 bits per heavy atom. The van der Waals surface area contributed by atoms with Gasteiger partial charge in [0, 0.05) is 0 Å². The normalized spacial score (nSPS) is 9.19. The number of unbranched alkanes of at least 4 members (excludes halogenated alkanes) is 4. The molecule has 0 aliphatic heterocycles. The van der Waals surface area contributed by atoms with Crippen molar-refractivity contribution in [1.29, 1.82) is 0 Å². The molecule has 0 heterocycles. The highest BCUT2D eigenvalue weighted by Gasteiger charge is 1.91. The zero-order valence-corrected chi connectivity index (χ0v) is 10.1. The maximum absolute atomic E-state index is 7.00. The van der Waals surface area contributed by atoms with Crippen molar-refractivity contribution in [2.24, 2.45) is 0 Å². The minimum absolute atomic E-state index is 0. The van der Waals surface area contributed by atoms with Gasteiger partial charge in [0.05, 0.1) is 0 Å². The third kappa shape index (κ3) is 9.75. The predicted octanol–water partition coefficient (Wildman–Crippen LogP) is 2.70. The molecule has 0 spiro atoms. The lowest BCUT2D eigenvalue weighted by Crippen LogP contribution is -1.84. The predicted molar refractivity (Wildman–Crippen MR) is 69.1 cm³/mol. The Kier molecular flexibility index (Phi) is 11.7. The van der Waals surface area contributed by atoms with Gasteiger partial charge in [-0.15, -0.1) is 0 Å². The summed E-state index contributed by atoms with van der Waals surface area (Å²) in [4.78, 5) is 0. The highest BCUT2D eigenvalue weighted by atomic mass is 16.4. The molecule has 0 amide bonds. The van der Waals surface area contributed by atoms with Crippen molar-refractivity contribution >= 4 is 7.69 Å². The van der Waals surface area contributed by atoms with Crippen LogP contribution >= 0.6 is 0 Å². The molecule has 1 rings (SSSR count). The van der Waals surface area contributed by atoms with Gasteiger partial charge in [-0.05, 0) is 18.4 Å². The van der Waals surface area contributed by atoms with E-state index in [9.17, 15) is 0 Å². The van der Waals surface area contributed by atoms with Crippen LogP contribution in [0.25, 0.3) is 0 Å². The average molecular weight is 221 g/mol. The monoisotopic (exact) mass is 221 g/mol. The lowest BCUT2D eigenvalue weighted by Gasteiger charge is -2.00. The lowest BCUT2D eigenvalue weighted by molar-refractivity contribution is 0.448. The minimum atomic E-state index is 0. The second kappa shape index (κ2) is 12.3. The molecular formula is C13H22BO2. The van der Waals surface area contributed by atoms with Crippen LogP contribution < -0.4 is 0 Å². The zero-order chi connectivity index (χ0) is 12.1. The molecule has 0 aliphatic carbocycles. The van der Waals surface area contributed by atoms with Crippen molar-refractivity contribution < 1.29 is 10.0 Å². The van der Waals surface area contributed by atoms with Gasteiger partial charge in [0.1, 0.15) is 0 Å². The first-order valence-electron chi connectivity index (χ1n) is 5.99. The molecular weight excluding hydrogens is 199 g/mol. The molecule has 16 heavy (non-hydrogen) atoms. The van der Waals surface area contributed by atoms with Crippen molar-refractivity contribution in [3.05, 3.63) is 35.9 Å². The Hall–Kier alpha value is -0.795. The van der Waals surface area contributed by atoms with Crippen LogP contribution in [0.3, 0.4) is 0 Å². The van der Waals surface area contributed by atoms with Crippen molar-refractivity contribution in [3.63, 3.8) is 0 Å². The lowest BCUT2D eigenvalue weighted by atomic mass is 10.1. The fourth-order valence-electron chi connectivity index (χ4n) is 1.58. The van der Waals surface area contributed by atoms with Gasteiger partial charge in [0.25, 0.3) is 0 Å². The summed E-state index contributed by atoms with van der Waals surface area (Å²) in [6, 6.07) is 10.8. The number of benzene rings is 1. The van der Waals surface area contributed by atoms with Crippen molar-refractivity contribution in [2.45, 2.75) is 45.4 Å². The van der Waals surface area contributed by atoms with E-state index in [2.05, 4.69) is 37.3 Å². The van der Waals surface area contributed by atoms with Crippen LogP contribution in [0.2, 0.25) is 0 Å². The molecule has 89 valence electrons. The zero-order valence-electron chi connectivity index (χ0n) is 10.1. The van der Waals surface area contributed by atoms with E-state index in [0.717, 1.165) is 0 Å². The molecule has 1 aromatic rings. The molecule has 0 fully saturated rings. The molecule has 1 aromatic carbocycles. The Morgan fingerprint density at radius 1 is 0.938 bits per heavy atom. The molecule has 0 atom stereocenters. The van der Waals surface area contributed by atoms with Crippen LogP contribution in [0.15, 0.2) is 30.3 Å². The second-order valence-electron chi connectivity index (χ2n) is 3.77. The number of hydrogen-bond acceptors (Lipinski definition) is 2. The summed E-state index contributed by atoms with van der Waals surface area (Å²) in [6.07, 6.45) is 8.14. The molecule has 2 N–H and O–H groups in total. The van der Waals surface area contributed by atoms with Gasteiger partial charge >= 0.3 is 7.69 Å². The van der Waals surface area contributed by atoms with Gasteiger partial charge in [-0.1, -0.05) is 62.9 Å². The average Bonchev–Trinajstić information content (AvgIpc) is 2.31. The molecule has 2 nitrogen and oxygen atoms in total. The summed E-state index contributed by atoms with van der Waals surface area (Å²) in [5.74, 6) is 0. The van der Waals surface area contributed by atoms with Crippen LogP contribution in [0.4, 0.5) is 0 Å². The fraction of sp³-hybridized carbons (Fsp3) is 0.538. The minimum Gasteiger partial charge on any atom is -0.429 e. The van der Waals surface area contributed by atoms with Crippen LogP contribution in [-0.2, 0) is 6.42 Å². The Bertz CT molecular complexity index is 227. The molecule has 0 saturated heterocycles. The second-order valence-corrected chi connectivity index (χ2v) is 3.77. The van der Waals surface area contributed by atoms with Crippen molar-refractivity contribution in [3.8, 4) is 0 Å². The van der Waals surface area contributed by atoms with E-state index in [1.165, 1.54) is 44.1 Å². The maximum atomic E-state index is 7.00. The maximum Gasteiger partial charge on any atom is 0.482 e. The Balaban J connectivity index is 0.000000673. The summed E-state index contributed by atoms with van der Waals surface area (Å²) in [6.45, 7) is 2.26. The molecule has 0 bridgehead atoms. The van der Waals surface area contributed by atoms with E-state index in [1.807, 2.05) is 0 Å². The first kappa shape index (κ1) is 15.2. The first-order chi connectivity index (χ1) is 7.85. The molecule has 0 saturated carbocycles. The van der Waals surface area contributed by atoms with Crippen LogP contribution in [0, 0.1) is 0 Å². The van der Waals surface area contributed by atoms with Crippen LogP contribution in [-0.4, -0.2) is 17.7 Å². The number of rotatable bonds is 6. The van der Waals surface area contributed by atoms with E-state index >= 15 is 0 Å². The van der Waals surface area contributed by atoms with E-state index in [4.69, 9.17) is 10.0 Å². The quantitative estimate of drug-likeness (QED) is 0.572. The highest BCUT2D eigenvalue weighted by Crippen LogP contribution is 2.08. The summed E-state index contributed by atoms with van der Waals surface area (Å²) >= 11 is 0. The molecule has 0 aliphatic rings. The Morgan fingerprint density at radius 2 is 1.50 bits per heavy atom. The van der Waals surface area contributed by atoms with Gasteiger partial charge in [0.15, 0.2) is 0 Å². The van der Waals surface area contributed by atoms with E-state index in [-0.39, 0.29) is 7.69 Å². The summed E-state index contributed by atoms with van der Waals surface area (Å²) in [5.41, 5.74) is 1.49. The van der Waals surface area contributed by atoms with Gasteiger partial charge in [-0.25, -0.2) is 0 Å². The summed E-state index contributed by atoms with van der Waals surface area (Å²) < 4.78 is 0. The van der Waals surface area contributed by atoms with Gasteiger partial charge in [0.2, 0.25) is 0 Å².